The molecule has 0 bridgehead atoms. The quantitative estimate of drug-likeness (QED) is 0.0908. The SMILES string of the molecule is COc1cc(S(C)(=O)=O)ccc1N(C(=O)OCOC(=O)C1CCN(C(=O)OC(C)(C)C)CC1)c1nc2ccc(-c3ccc(CC(=O)[C@H](C)c4ccc(F)cc4)cc3)cn2n1. The highest BCUT2D eigenvalue weighted by molar-refractivity contribution is 7.90. The van der Waals surface area contributed by atoms with Gasteiger partial charge < -0.3 is 23.8 Å². The van der Waals surface area contributed by atoms with Crippen molar-refractivity contribution in [1.29, 1.82) is 0 Å². The van der Waals surface area contributed by atoms with Gasteiger partial charge in [-0.15, -0.1) is 5.10 Å². The number of carbonyl (C=O) groups is 4. The molecule has 0 unspecified atom stereocenters. The molecule has 0 spiro atoms. The first-order valence-corrected chi connectivity index (χ1v) is 21.0. The van der Waals surface area contributed by atoms with Gasteiger partial charge in [-0.3, -0.25) is 9.59 Å². The van der Waals surface area contributed by atoms with Gasteiger partial charge in [-0.25, -0.2) is 31.8 Å². The van der Waals surface area contributed by atoms with Crippen molar-refractivity contribution in [2.45, 2.75) is 63.4 Å². The lowest BCUT2D eigenvalue weighted by Crippen LogP contribution is -2.43. The molecular weight excluding hydrogens is 798 g/mol. The van der Waals surface area contributed by atoms with Crippen molar-refractivity contribution in [3.63, 3.8) is 0 Å². The zero-order chi connectivity index (χ0) is 43.4. The third-order valence-corrected chi connectivity index (χ3v) is 11.0. The normalized spacial score (nSPS) is 14.0. The lowest BCUT2D eigenvalue weighted by molar-refractivity contribution is -0.158. The first-order valence-electron chi connectivity index (χ1n) is 19.1. The monoisotopic (exact) mass is 843 g/mol. The third-order valence-electron chi connectivity index (χ3n) is 9.90. The number of esters is 1. The van der Waals surface area contributed by atoms with Gasteiger partial charge in [-0.2, -0.15) is 4.98 Å². The molecule has 316 valence electrons. The summed E-state index contributed by atoms with van der Waals surface area (Å²) < 4.78 is 61.2. The number of sulfone groups is 1. The minimum atomic E-state index is -3.66. The second-order valence-corrected chi connectivity index (χ2v) is 17.4. The highest BCUT2D eigenvalue weighted by Gasteiger charge is 2.32. The number of anilines is 2. The molecule has 0 saturated carbocycles. The number of pyridine rings is 1. The number of ketones is 1. The molecule has 1 fully saturated rings. The van der Waals surface area contributed by atoms with Crippen LogP contribution in [0.15, 0.2) is 90.0 Å². The highest BCUT2D eigenvalue weighted by atomic mass is 32.2. The fourth-order valence-electron chi connectivity index (χ4n) is 6.55. The molecule has 0 aliphatic carbocycles. The Morgan fingerprint density at radius 2 is 1.58 bits per heavy atom. The standard InChI is InChI=1S/C43H46FN5O10S/c1-27(29-11-14-33(44)15-12-29)36(50)23-28-7-9-30(10-8-28)32-13-18-38-45-40(46-48(38)25-32)49(35-17-16-34(60(6,54)55)24-37(35)56-5)42(53)58-26-57-39(51)31-19-21-47(22-20-31)41(52)59-43(2,3)4/h7-18,24-25,27,31H,19-23,26H2,1-6H3/t27-/m1/s1. The molecule has 6 rings (SSSR count). The molecule has 1 atom stereocenters. The number of amides is 2. The lowest BCUT2D eigenvalue weighted by Gasteiger charge is -2.32. The van der Waals surface area contributed by atoms with E-state index in [2.05, 4.69) is 10.1 Å². The van der Waals surface area contributed by atoms with E-state index in [1.165, 1.54) is 46.9 Å². The number of aromatic nitrogens is 3. The molecule has 1 saturated heterocycles. The number of hydrogen-bond acceptors (Lipinski definition) is 12. The first-order chi connectivity index (χ1) is 28.4. The van der Waals surface area contributed by atoms with Crippen LogP contribution in [0.3, 0.4) is 0 Å². The van der Waals surface area contributed by atoms with Gasteiger partial charge in [-0.1, -0.05) is 43.3 Å². The van der Waals surface area contributed by atoms with Crippen molar-refractivity contribution in [2.75, 3.05) is 38.1 Å². The van der Waals surface area contributed by atoms with Crippen molar-refractivity contribution in [3.05, 3.63) is 102 Å². The van der Waals surface area contributed by atoms with E-state index in [-0.39, 0.29) is 40.3 Å². The fraction of sp³-hybridized carbons (Fsp3) is 0.349. The fourth-order valence-corrected chi connectivity index (χ4v) is 7.19. The molecule has 60 heavy (non-hydrogen) atoms. The zero-order valence-electron chi connectivity index (χ0n) is 34.1. The summed E-state index contributed by atoms with van der Waals surface area (Å²) in [5.74, 6) is -2.08. The number of piperidine rings is 1. The topological polar surface area (TPSA) is 176 Å². The summed E-state index contributed by atoms with van der Waals surface area (Å²) in [5.41, 5.74) is 2.83. The van der Waals surface area contributed by atoms with Crippen molar-refractivity contribution < 1.29 is 50.9 Å². The maximum atomic E-state index is 13.8. The van der Waals surface area contributed by atoms with Gasteiger partial charge in [0.15, 0.2) is 15.5 Å². The van der Waals surface area contributed by atoms with Crippen molar-refractivity contribution in [2.24, 2.45) is 5.92 Å². The Hall–Kier alpha value is -6.36. The van der Waals surface area contributed by atoms with Crippen LogP contribution in [-0.2, 0) is 40.1 Å². The molecule has 0 radical (unpaired) electrons. The Morgan fingerprint density at radius 1 is 0.917 bits per heavy atom. The Kier molecular flexibility index (Phi) is 12.9. The van der Waals surface area contributed by atoms with Crippen LogP contribution in [0, 0.1) is 11.7 Å². The number of ether oxygens (including phenoxy) is 4. The van der Waals surface area contributed by atoms with Gasteiger partial charge in [0.1, 0.15) is 23.0 Å². The van der Waals surface area contributed by atoms with Crippen molar-refractivity contribution in [1.82, 2.24) is 19.5 Å². The minimum Gasteiger partial charge on any atom is -0.495 e. The van der Waals surface area contributed by atoms with E-state index < -0.39 is 52.2 Å². The zero-order valence-corrected chi connectivity index (χ0v) is 34.9. The third kappa shape index (κ3) is 10.4. The van der Waals surface area contributed by atoms with E-state index in [0.29, 0.717) is 31.6 Å². The van der Waals surface area contributed by atoms with Crippen LogP contribution in [0.4, 0.5) is 25.6 Å². The number of rotatable bonds is 12. The van der Waals surface area contributed by atoms with Crippen LogP contribution >= 0.6 is 0 Å². The summed E-state index contributed by atoms with van der Waals surface area (Å²) in [7, 11) is -2.35. The number of Topliss-reactive ketones (excluding diaryl/α,β-unsaturated/α-hetero) is 1. The average molecular weight is 844 g/mol. The van der Waals surface area contributed by atoms with Crippen molar-refractivity contribution in [3.8, 4) is 16.9 Å². The number of fused-ring (bicyclic) bond motifs is 1. The molecule has 3 aromatic carbocycles. The van der Waals surface area contributed by atoms with E-state index >= 15 is 0 Å². The summed E-state index contributed by atoms with van der Waals surface area (Å²) in [4.78, 5) is 59.2. The molecular formula is C43H46FN5O10S. The van der Waals surface area contributed by atoms with Gasteiger partial charge in [0.25, 0.3) is 5.95 Å². The molecule has 17 heteroatoms. The largest absolute Gasteiger partial charge is 0.495 e. The van der Waals surface area contributed by atoms with Crippen LogP contribution in [0.1, 0.15) is 57.6 Å². The van der Waals surface area contributed by atoms with Crippen LogP contribution in [0.25, 0.3) is 16.8 Å². The van der Waals surface area contributed by atoms with Gasteiger partial charge in [0, 0.05) is 49.5 Å². The van der Waals surface area contributed by atoms with Crippen LogP contribution in [0.5, 0.6) is 5.75 Å². The maximum absolute atomic E-state index is 13.8. The number of likely N-dealkylation sites (tertiary alicyclic amines) is 1. The number of halogens is 1. The van der Waals surface area contributed by atoms with E-state index in [1.54, 1.807) is 52.1 Å². The molecule has 2 amide bonds. The second kappa shape index (κ2) is 17.9. The summed E-state index contributed by atoms with van der Waals surface area (Å²) in [5, 5.41) is 4.55. The van der Waals surface area contributed by atoms with Crippen LogP contribution in [-0.4, -0.2) is 90.7 Å². The van der Waals surface area contributed by atoms with Crippen LogP contribution < -0.4 is 9.64 Å². The summed E-state index contributed by atoms with van der Waals surface area (Å²) >= 11 is 0. The predicted octanol–water partition coefficient (Wildman–Crippen LogP) is 7.29. The molecule has 15 nitrogen and oxygen atoms in total. The number of hydrogen-bond donors (Lipinski definition) is 0. The Balaban J connectivity index is 1.18. The molecule has 5 aromatic rings. The van der Waals surface area contributed by atoms with Crippen LogP contribution in [0.2, 0.25) is 0 Å². The molecule has 0 N–H and O–H groups in total. The van der Waals surface area contributed by atoms with E-state index in [4.69, 9.17) is 18.9 Å². The Labute approximate surface area is 346 Å². The van der Waals surface area contributed by atoms with E-state index in [0.717, 1.165) is 33.4 Å². The van der Waals surface area contributed by atoms with Gasteiger partial charge in [0.05, 0.1) is 23.6 Å². The summed E-state index contributed by atoms with van der Waals surface area (Å²) in [6, 6.07) is 20.7. The summed E-state index contributed by atoms with van der Waals surface area (Å²) in [6.45, 7) is 6.94. The first kappa shape index (κ1) is 43.2. The molecule has 1 aliphatic rings. The van der Waals surface area contributed by atoms with Gasteiger partial charge >= 0.3 is 18.2 Å². The molecule has 2 aromatic heterocycles. The number of benzene rings is 3. The maximum Gasteiger partial charge on any atom is 0.424 e. The second-order valence-electron chi connectivity index (χ2n) is 15.4. The Bertz CT molecular complexity index is 2490. The minimum absolute atomic E-state index is 0.00575. The molecule has 1 aliphatic heterocycles. The van der Waals surface area contributed by atoms with Crippen molar-refractivity contribution >= 4 is 51.1 Å². The Morgan fingerprint density at radius 3 is 2.22 bits per heavy atom. The predicted molar refractivity (Wildman–Crippen MR) is 218 cm³/mol. The molecule has 3 heterocycles. The number of methoxy groups -OCH3 is 1. The summed E-state index contributed by atoms with van der Waals surface area (Å²) in [6.07, 6.45) is 2.07. The van der Waals surface area contributed by atoms with E-state index in [1.807, 2.05) is 30.3 Å². The van der Waals surface area contributed by atoms with Gasteiger partial charge in [0.2, 0.25) is 6.79 Å². The number of nitrogens with zero attached hydrogens (tertiary/aromatic N) is 5. The highest BCUT2D eigenvalue weighted by Crippen LogP contribution is 2.36. The average Bonchev–Trinajstić information content (AvgIpc) is 3.63. The smallest absolute Gasteiger partial charge is 0.424 e. The van der Waals surface area contributed by atoms with Gasteiger partial charge in [-0.05, 0) is 86.7 Å². The number of carbonyl (C=O) groups excluding carboxylic acids is 4. The lowest BCUT2D eigenvalue weighted by atomic mass is 9.92. The van der Waals surface area contributed by atoms with E-state index in [9.17, 15) is 32.0 Å².